The molecular formula is C18H35N. The van der Waals surface area contributed by atoms with Crippen LogP contribution < -0.4 is 5.32 Å². The van der Waals surface area contributed by atoms with E-state index in [0.29, 0.717) is 0 Å². The van der Waals surface area contributed by atoms with Gasteiger partial charge in [-0.25, -0.2) is 0 Å². The fourth-order valence-electron chi connectivity index (χ4n) is 4.67. The molecule has 1 heteroatoms. The summed E-state index contributed by atoms with van der Waals surface area (Å²) in [6.07, 6.45) is 11.8. The molecule has 0 amide bonds. The van der Waals surface area contributed by atoms with Crippen LogP contribution in [-0.2, 0) is 0 Å². The third kappa shape index (κ3) is 3.97. The highest BCUT2D eigenvalue weighted by molar-refractivity contribution is 4.88. The third-order valence-electron chi connectivity index (χ3n) is 6.17. The van der Waals surface area contributed by atoms with Crippen molar-refractivity contribution in [2.45, 2.75) is 78.2 Å². The minimum absolute atomic E-state index is 0.806. The second-order valence-corrected chi connectivity index (χ2v) is 7.75. The van der Waals surface area contributed by atoms with Crippen molar-refractivity contribution in [1.82, 2.24) is 5.32 Å². The third-order valence-corrected chi connectivity index (χ3v) is 6.17. The van der Waals surface area contributed by atoms with Crippen LogP contribution >= 0.6 is 0 Å². The molecule has 0 aromatic rings. The zero-order chi connectivity index (χ0) is 13.8. The van der Waals surface area contributed by atoms with Crippen molar-refractivity contribution >= 4 is 0 Å². The van der Waals surface area contributed by atoms with Gasteiger partial charge in [-0.3, -0.25) is 0 Å². The Bertz CT molecular complexity index is 244. The zero-order valence-electron chi connectivity index (χ0n) is 13.6. The predicted octanol–water partition coefficient (Wildman–Crippen LogP) is 4.86. The van der Waals surface area contributed by atoms with E-state index >= 15 is 0 Å². The summed E-state index contributed by atoms with van der Waals surface area (Å²) in [5.41, 5.74) is 0. The Hall–Kier alpha value is -0.0400. The second-order valence-electron chi connectivity index (χ2n) is 7.75. The van der Waals surface area contributed by atoms with E-state index in [1.807, 2.05) is 0 Å². The highest BCUT2D eigenvalue weighted by Crippen LogP contribution is 2.40. The molecule has 1 unspecified atom stereocenters. The number of hydrogen-bond acceptors (Lipinski definition) is 1. The molecule has 2 rings (SSSR count). The smallest absolute Gasteiger partial charge is 0.0121 e. The molecule has 2 fully saturated rings. The summed E-state index contributed by atoms with van der Waals surface area (Å²) in [4.78, 5) is 0. The lowest BCUT2D eigenvalue weighted by Gasteiger charge is -2.41. The molecule has 0 aromatic carbocycles. The van der Waals surface area contributed by atoms with Gasteiger partial charge >= 0.3 is 0 Å². The van der Waals surface area contributed by atoms with Crippen LogP contribution in [0.15, 0.2) is 0 Å². The maximum absolute atomic E-state index is 3.70. The Labute approximate surface area is 120 Å². The van der Waals surface area contributed by atoms with Gasteiger partial charge in [0.1, 0.15) is 0 Å². The molecule has 2 aliphatic carbocycles. The average molecular weight is 265 g/mol. The van der Waals surface area contributed by atoms with Crippen LogP contribution in [0.5, 0.6) is 0 Å². The Kier molecular flexibility index (Phi) is 5.74. The van der Waals surface area contributed by atoms with Crippen molar-refractivity contribution in [2.75, 3.05) is 7.05 Å². The van der Waals surface area contributed by atoms with Gasteiger partial charge in [0.15, 0.2) is 0 Å². The van der Waals surface area contributed by atoms with Crippen molar-refractivity contribution in [1.29, 1.82) is 0 Å². The van der Waals surface area contributed by atoms with E-state index < -0.39 is 0 Å². The molecule has 112 valence electrons. The van der Waals surface area contributed by atoms with E-state index in [0.717, 1.165) is 35.6 Å². The van der Waals surface area contributed by atoms with Gasteiger partial charge in [0.2, 0.25) is 0 Å². The molecule has 0 saturated heterocycles. The first-order valence-corrected chi connectivity index (χ1v) is 8.79. The Morgan fingerprint density at radius 3 is 1.58 bits per heavy atom. The minimum atomic E-state index is 0.806. The van der Waals surface area contributed by atoms with E-state index in [4.69, 9.17) is 0 Å². The molecule has 0 bridgehead atoms. The van der Waals surface area contributed by atoms with Crippen LogP contribution in [0.4, 0.5) is 0 Å². The SMILES string of the molecule is CNC(C1CCC(C)CC1)C1CCC(C(C)C)CC1. The topological polar surface area (TPSA) is 12.0 Å². The van der Waals surface area contributed by atoms with E-state index in [1.165, 1.54) is 51.4 Å². The van der Waals surface area contributed by atoms with Crippen LogP contribution in [0.25, 0.3) is 0 Å². The molecule has 0 aliphatic heterocycles. The van der Waals surface area contributed by atoms with Gasteiger partial charge < -0.3 is 5.32 Å². The standard InChI is InChI=1S/C18H35N/c1-13(2)15-9-11-17(12-10-15)18(19-4)16-7-5-14(3)6-8-16/h13-19H,5-12H2,1-4H3. The molecule has 0 aromatic heterocycles. The largest absolute Gasteiger partial charge is 0.316 e. The highest BCUT2D eigenvalue weighted by Gasteiger charge is 2.33. The summed E-state index contributed by atoms with van der Waals surface area (Å²) < 4.78 is 0. The Balaban J connectivity index is 1.85. The van der Waals surface area contributed by atoms with Crippen LogP contribution in [0.2, 0.25) is 0 Å². The van der Waals surface area contributed by atoms with Gasteiger partial charge in [0.05, 0.1) is 0 Å². The van der Waals surface area contributed by atoms with Gasteiger partial charge in [0, 0.05) is 6.04 Å². The molecule has 0 radical (unpaired) electrons. The van der Waals surface area contributed by atoms with E-state index in [9.17, 15) is 0 Å². The van der Waals surface area contributed by atoms with Crippen LogP contribution in [0.3, 0.4) is 0 Å². The molecule has 2 aliphatic rings. The van der Waals surface area contributed by atoms with Crippen molar-refractivity contribution in [3.05, 3.63) is 0 Å². The highest BCUT2D eigenvalue weighted by atomic mass is 14.9. The van der Waals surface area contributed by atoms with Crippen molar-refractivity contribution in [3.63, 3.8) is 0 Å². The normalized spacial score (nSPS) is 38.4. The number of hydrogen-bond donors (Lipinski definition) is 1. The fraction of sp³-hybridized carbons (Fsp3) is 1.00. The predicted molar refractivity (Wildman–Crippen MR) is 84.3 cm³/mol. The second kappa shape index (κ2) is 7.11. The molecule has 2 saturated carbocycles. The van der Waals surface area contributed by atoms with Crippen molar-refractivity contribution < 1.29 is 0 Å². The number of nitrogens with one attached hydrogen (secondary N) is 1. The molecule has 1 N–H and O–H groups in total. The molecule has 0 heterocycles. The summed E-state index contributed by atoms with van der Waals surface area (Å²) in [6, 6.07) is 0.806. The molecule has 1 atom stereocenters. The Morgan fingerprint density at radius 2 is 1.16 bits per heavy atom. The summed E-state index contributed by atoms with van der Waals surface area (Å²) in [6.45, 7) is 7.24. The van der Waals surface area contributed by atoms with Crippen molar-refractivity contribution in [3.8, 4) is 0 Å². The van der Waals surface area contributed by atoms with Gasteiger partial charge in [-0.2, -0.15) is 0 Å². The lowest BCUT2D eigenvalue weighted by Crippen LogP contribution is -2.43. The molecule has 0 spiro atoms. The van der Waals surface area contributed by atoms with Gasteiger partial charge in [0.25, 0.3) is 0 Å². The fourth-order valence-corrected chi connectivity index (χ4v) is 4.67. The van der Waals surface area contributed by atoms with Crippen molar-refractivity contribution in [2.24, 2.45) is 29.6 Å². The molecular weight excluding hydrogens is 230 g/mol. The van der Waals surface area contributed by atoms with E-state index in [1.54, 1.807) is 0 Å². The van der Waals surface area contributed by atoms with Crippen LogP contribution in [0.1, 0.15) is 72.1 Å². The van der Waals surface area contributed by atoms with Gasteiger partial charge in [-0.1, -0.05) is 33.6 Å². The number of rotatable bonds is 4. The monoisotopic (exact) mass is 265 g/mol. The minimum Gasteiger partial charge on any atom is -0.316 e. The molecule has 19 heavy (non-hydrogen) atoms. The van der Waals surface area contributed by atoms with Gasteiger partial charge in [-0.15, -0.1) is 0 Å². The quantitative estimate of drug-likeness (QED) is 0.765. The average Bonchev–Trinajstić information content (AvgIpc) is 2.42. The first-order chi connectivity index (χ1) is 9.11. The summed E-state index contributed by atoms with van der Waals surface area (Å²) >= 11 is 0. The first-order valence-electron chi connectivity index (χ1n) is 8.79. The van der Waals surface area contributed by atoms with Gasteiger partial charge in [-0.05, 0) is 75.2 Å². The van der Waals surface area contributed by atoms with Crippen LogP contribution in [-0.4, -0.2) is 13.1 Å². The maximum atomic E-state index is 3.70. The van der Waals surface area contributed by atoms with E-state index in [-0.39, 0.29) is 0 Å². The van der Waals surface area contributed by atoms with E-state index in [2.05, 4.69) is 33.1 Å². The lowest BCUT2D eigenvalue weighted by atomic mass is 9.69. The first kappa shape index (κ1) is 15.4. The maximum Gasteiger partial charge on any atom is 0.0121 e. The van der Waals surface area contributed by atoms with Crippen LogP contribution in [0, 0.1) is 29.6 Å². The Morgan fingerprint density at radius 1 is 0.737 bits per heavy atom. The molecule has 1 nitrogen and oxygen atoms in total. The summed E-state index contributed by atoms with van der Waals surface area (Å²) in [5, 5.41) is 3.70. The lowest BCUT2D eigenvalue weighted by molar-refractivity contribution is 0.134. The zero-order valence-corrected chi connectivity index (χ0v) is 13.6. The summed E-state index contributed by atoms with van der Waals surface area (Å²) in [7, 11) is 2.21. The summed E-state index contributed by atoms with van der Waals surface area (Å²) in [5.74, 6) is 4.79.